The summed E-state index contributed by atoms with van der Waals surface area (Å²) in [6, 6.07) is 8.46. The average molecular weight is 279 g/mol. The van der Waals surface area contributed by atoms with Crippen molar-refractivity contribution in [3.8, 4) is 0 Å². The van der Waals surface area contributed by atoms with E-state index in [1.807, 2.05) is 30.3 Å². The fourth-order valence-electron chi connectivity index (χ4n) is 2.18. The van der Waals surface area contributed by atoms with E-state index in [0.29, 0.717) is 0 Å². The molecule has 1 unspecified atom stereocenters. The van der Waals surface area contributed by atoms with Crippen molar-refractivity contribution < 1.29 is 24.2 Å². The van der Waals surface area contributed by atoms with Crippen molar-refractivity contribution in [2.75, 3.05) is 13.7 Å². The Hall–Kier alpha value is -2.08. The molecule has 0 bridgehead atoms. The first-order valence-electron chi connectivity index (χ1n) is 6.35. The van der Waals surface area contributed by atoms with E-state index in [4.69, 9.17) is 4.74 Å². The zero-order valence-corrected chi connectivity index (χ0v) is 11.2. The van der Waals surface area contributed by atoms with Gasteiger partial charge in [0.15, 0.2) is 0 Å². The lowest BCUT2D eigenvalue weighted by Crippen LogP contribution is -2.41. The normalized spacial score (nSPS) is 21.6. The maximum absolute atomic E-state index is 12.0. The molecule has 1 aliphatic rings. The molecule has 1 aromatic rings. The van der Waals surface area contributed by atoms with Crippen molar-refractivity contribution in [2.45, 2.75) is 25.2 Å². The largest absolute Gasteiger partial charge is 0.467 e. The number of esters is 1. The number of carbonyl (C=O) groups excluding carboxylic acids is 2. The number of nitrogens with zero attached hydrogens (tertiary/aromatic N) is 1. The van der Waals surface area contributed by atoms with E-state index in [-0.39, 0.29) is 19.6 Å². The highest BCUT2D eigenvalue weighted by Crippen LogP contribution is 2.20. The summed E-state index contributed by atoms with van der Waals surface area (Å²) in [5.41, 5.74) is 0.857. The van der Waals surface area contributed by atoms with Crippen molar-refractivity contribution in [3.05, 3.63) is 35.9 Å². The van der Waals surface area contributed by atoms with Gasteiger partial charge in [-0.25, -0.2) is 9.59 Å². The fraction of sp³-hybridized carbons (Fsp3) is 0.429. The third-order valence-electron chi connectivity index (χ3n) is 3.19. The summed E-state index contributed by atoms with van der Waals surface area (Å²) in [6.45, 7) is 0.202. The van der Waals surface area contributed by atoms with Crippen LogP contribution < -0.4 is 0 Å². The van der Waals surface area contributed by atoms with Crippen LogP contribution in [0, 0.1) is 0 Å². The van der Waals surface area contributed by atoms with Crippen LogP contribution in [-0.4, -0.2) is 47.9 Å². The van der Waals surface area contributed by atoms with Gasteiger partial charge in [-0.15, -0.1) is 0 Å². The summed E-state index contributed by atoms with van der Waals surface area (Å²) in [4.78, 5) is 24.8. The minimum atomic E-state index is -0.779. The maximum Gasteiger partial charge on any atom is 0.410 e. The zero-order valence-electron chi connectivity index (χ0n) is 11.2. The van der Waals surface area contributed by atoms with Crippen LogP contribution in [0.2, 0.25) is 0 Å². The predicted octanol–water partition coefficient (Wildman–Crippen LogP) is 0.931. The summed E-state index contributed by atoms with van der Waals surface area (Å²) >= 11 is 0. The van der Waals surface area contributed by atoms with Crippen molar-refractivity contribution in [1.29, 1.82) is 0 Å². The Bertz CT molecular complexity index is 476. The summed E-state index contributed by atoms with van der Waals surface area (Å²) in [7, 11) is 1.25. The fourth-order valence-corrected chi connectivity index (χ4v) is 2.18. The van der Waals surface area contributed by atoms with Gasteiger partial charge in [0.1, 0.15) is 12.6 Å². The van der Waals surface area contributed by atoms with E-state index in [2.05, 4.69) is 4.74 Å². The number of aliphatic hydroxyl groups excluding tert-OH is 1. The van der Waals surface area contributed by atoms with Crippen LogP contribution in [0.1, 0.15) is 12.0 Å². The first-order chi connectivity index (χ1) is 9.61. The van der Waals surface area contributed by atoms with Crippen molar-refractivity contribution in [2.24, 2.45) is 0 Å². The Morgan fingerprint density at radius 1 is 1.35 bits per heavy atom. The molecule has 0 spiro atoms. The molecule has 108 valence electrons. The smallest absolute Gasteiger partial charge is 0.410 e. The number of carbonyl (C=O) groups is 2. The molecule has 1 saturated heterocycles. The highest BCUT2D eigenvalue weighted by atomic mass is 16.6. The van der Waals surface area contributed by atoms with Crippen molar-refractivity contribution >= 4 is 12.1 Å². The monoisotopic (exact) mass is 279 g/mol. The van der Waals surface area contributed by atoms with Gasteiger partial charge < -0.3 is 14.6 Å². The quantitative estimate of drug-likeness (QED) is 0.833. The van der Waals surface area contributed by atoms with Gasteiger partial charge in [0.2, 0.25) is 0 Å². The summed E-state index contributed by atoms with van der Waals surface area (Å²) in [5.74, 6) is -0.543. The lowest BCUT2D eigenvalue weighted by Gasteiger charge is -2.21. The van der Waals surface area contributed by atoms with Gasteiger partial charge in [0.25, 0.3) is 0 Å². The van der Waals surface area contributed by atoms with E-state index >= 15 is 0 Å². The zero-order chi connectivity index (χ0) is 14.5. The van der Waals surface area contributed by atoms with E-state index < -0.39 is 24.2 Å². The molecule has 0 aliphatic carbocycles. The van der Waals surface area contributed by atoms with Crippen LogP contribution in [-0.2, 0) is 20.9 Å². The molecule has 6 heteroatoms. The minimum absolute atomic E-state index is 0.0768. The van der Waals surface area contributed by atoms with Gasteiger partial charge in [-0.1, -0.05) is 30.3 Å². The molecule has 1 heterocycles. The Balaban J connectivity index is 1.95. The Morgan fingerprint density at radius 3 is 2.70 bits per heavy atom. The average Bonchev–Trinajstić information content (AvgIpc) is 2.87. The number of hydrogen-bond donors (Lipinski definition) is 1. The topological polar surface area (TPSA) is 76.1 Å². The van der Waals surface area contributed by atoms with Gasteiger partial charge in [-0.3, -0.25) is 4.90 Å². The first-order valence-corrected chi connectivity index (χ1v) is 6.35. The summed E-state index contributed by atoms with van der Waals surface area (Å²) < 4.78 is 9.78. The van der Waals surface area contributed by atoms with Crippen LogP contribution in [0.15, 0.2) is 30.3 Å². The van der Waals surface area contributed by atoms with E-state index in [9.17, 15) is 14.7 Å². The molecule has 20 heavy (non-hydrogen) atoms. The molecule has 1 fully saturated rings. The molecule has 0 aromatic heterocycles. The second-order valence-corrected chi connectivity index (χ2v) is 4.62. The third kappa shape index (κ3) is 3.27. The standard InChI is InChI=1S/C14H17NO5/c1-19-13(17)12-7-11(16)8-15(12)14(18)20-9-10-5-3-2-4-6-10/h2-6,11-12,16H,7-9H2,1H3/t11?,12-/m1/s1. The molecule has 1 N–H and O–H groups in total. The van der Waals surface area contributed by atoms with Crippen molar-refractivity contribution in [3.63, 3.8) is 0 Å². The van der Waals surface area contributed by atoms with Crippen LogP contribution in [0.3, 0.4) is 0 Å². The molecule has 1 aromatic carbocycles. The Morgan fingerprint density at radius 2 is 2.05 bits per heavy atom. The SMILES string of the molecule is COC(=O)[C@H]1CC(O)CN1C(=O)OCc1ccccc1. The van der Waals surface area contributed by atoms with Crippen molar-refractivity contribution in [1.82, 2.24) is 4.90 Å². The third-order valence-corrected chi connectivity index (χ3v) is 3.19. The number of benzene rings is 1. The van der Waals surface area contributed by atoms with E-state index in [1.54, 1.807) is 0 Å². The summed E-state index contributed by atoms with van der Waals surface area (Å²) in [6.07, 6.45) is -1.18. The second-order valence-electron chi connectivity index (χ2n) is 4.62. The molecule has 1 aliphatic heterocycles. The number of amides is 1. The number of β-amino-alcohol motifs (C(OH)–C–C–N with tert-alkyl or cyclic N) is 1. The van der Waals surface area contributed by atoms with E-state index in [0.717, 1.165) is 5.56 Å². The van der Waals surface area contributed by atoms with Gasteiger partial charge in [0, 0.05) is 6.42 Å². The van der Waals surface area contributed by atoms with Crippen LogP contribution in [0.25, 0.3) is 0 Å². The maximum atomic E-state index is 12.0. The summed E-state index contributed by atoms with van der Waals surface area (Å²) in [5, 5.41) is 9.59. The molecular weight excluding hydrogens is 262 g/mol. The van der Waals surface area contributed by atoms with Gasteiger partial charge in [0.05, 0.1) is 19.8 Å². The second kappa shape index (κ2) is 6.38. The number of rotatable bonds is 3. The number of ether oxygens (including phenoxy) is 2. The highest BCUT2D eigenvalue weighted by Gasteiger charge is 2.40. The molecular formula is C14H17NO5. The predicted molar refractivity (Wildman–Crippen MR) is 69.8 cm³/mol. The van der Waals surface area contributed by atoms with Gasteiger partial charge in [-0.05, 0) is 5.56 Å². The number of hydrogen-bond acceptors (Lipinski definition) is 5. The van der Waals surface area contributed by atoms with Gasteiger partial charge in [-0.2, -0.15) is 0 Å². The first kappa shape index (κ1) is 14.3. The molecule has 2 atom stereocenters. The minimum Gasteiger partial charge on any atom is -0.467 e. The van der Waals surface area contributed by atoms with Crippen LogP contribution >= 0.6 is 0 Å². The molecule has 0 radical (unpaired) electrons. The lowest BCUT2D eigenvalue weighted by molar-refractivity contribution is -0.145. The Labute approximate surface area is 116 Å². The molecule has 0 saturated carbocycles. The van der Waals surface area contributed by atoms with Crippen LogP contribution in [0.4, 0.5) is 4.79 Å². The number of likely N-dealkylation sites (tertiary alicyclic amines) is 1. The molecule has 1 amide bonds. The highest BCUT2D eigenvalue weighted by molar-refractivity contribution is 5.82. The lowest BCUT2D eigenvalue weighted by atomic mass is 10.2. The molecule has 2 rings (SSSR count). The van der Waals surface area contributed by atoms with E-state index in [1.165, 1.54) is 12.0 Å². The molecule has 6 nitrogen and oxygen atoms in total. The number of aliphatic hydroxyl groups is 1. The van der Waals surface area contributed by atoms with Crippen LogP contribution in [0.5, 0.6) is 0 Å². The number of methoxy groups -OCH3 is 1. The van der Waals surface area contributed by atoms with Gasteiger partial charge >= 0.3 is 12.1 Å². The Kier molecular flexibility index (Phi) is 4.57.